The highest BCUT2D eigenvalue weighted by atomic mass is 19.1. The van der Waals surface area contributed by atoms with Crippen LogP contribution in [0.25, 0.3) is 33.4 Å². The van der Waals surface area contributed by atoms with E-state index in [1.165, 1.54) is 6.07 Å². The number of benzene rings is 2. The molecule has 0 spiro atoms. The number of anilines is 1. The van der Waals surface area contributed by atoms with Crippen molar-refractivity contribution in [3.05, 3.63) is 66.7 Å². The van der Waals surface area contributed by atoms with Crippen LogP contribution in [0.1, 0.15) is 0 Å². The zero-order chi connectivity index (χ0) is 21.2. The molecule has 0 bridgehead atoms. The van der Waals surface area contributed by atoms with Crippen molar-refractivity contribution in [2.45, 2.75) is 0 Å². The summed E-state index contributed by atoms with van der Waals surface area (Å²) in [4.78, 5) is 16.1. The number of aromatic nitrogens is 3. The fourth-order valence-electron chi connectivity index (χ4n) is 3.83. The van der Waals surface area contributed by atoms with Gasteiger partial charge in [0.15, 0.2) is 5.82 Å². The van der Waals surface area contributed by atoms with Crippen molar-refractivity contribution in [1.82, 2.24) is 15.0 Å². The van der Waals surface area contributed by atoms with Gasteiger partial charge in [0.2, 0.25) is 0 Å². The van der Waals surface area contributed by atoms with Crippen LogP contribution in [-0.2, 0) is 4.74 Å². The Morgan fingerprint density at radius 3 is 2.58 bits per heavy atom. The Bertz CT molecular complexity index is 1230. The van der Waals surface area contributed by atoms with Crippen LogP contribution in [0.2, 0.25) is 0 Å². The summed E-state index contributed by atoms with van der Waals surface area (Å²) >= 11 is 0. The van der Waals surface area contributed by atoms with E-state index in [1.807, 2.05) is 30.3 Å². The van der Waals surface area contributed by atoms with Crippen molar-refractivity contribution in [2.24, 2.45) is 0 Å². The molecule has 156 valence electrons. The van der Waals surface area contributed by atoms with Crippen molar-refractivity contribution in [3.63, 3.8) is 0 Å². The standard InChI is InChI=1S/C24H21FN4O2/c1-30-21-14-17(18-6-2-3-7-20(18)25)13-19-22(21)27-23(16-5-4-8-26-15-16)28-24(19)29-9-11-31-12-10-29/h2-8,13-15H,9-12H2,1H3. The van der Waals surface area contributed by atoms with Gasteiger partial charge in [0.1, 0.15) is 22.9 Å². The summed E-state index contributed by atoms with van der Waals surface area (Å²) in [5.41, 5.74) is 2.72. The SMILES string of the molecule is COc1cc(-c2ccccc2F)cc2c(N3CCOCC3)nc(-c3cccnc3)nc12. The first-order valence-corrected chi connectivity index (χ1v) is 10.1. The Labute approximate surface area is 179 Å². The normalized spacial score (nSPS) is 14.1. The van der Waals surface area contributed by atoms with Crippen LogP contribution < -0.4 is 9.64 Å². The van der Waals surface area contributed by atoms with Crippen LogP contribution in [0.3, 0.4) is 0 Å². The van der Waals surface area contributed by atoms with E-state index in [-0.39, 0.29) is 5.82 Å². The molecule has 3 heterocycles. The first-order chi connectivity index (χ1) is 15.2. The van der Waals surface area contributed by atoms with Crippen molar-refractivity contribution in [1.29, 1.82) is 0 Å². The molecule has 0 saturated carbocycles. The number of hydrogen-bond donors (Lipinski definition) is 0. The van der Waals surface area contributed by atoms with Gasteiger partial charge in [-0.05, 0) is 35.9 Å². The smallest absolute Gasteiger partial charge is 0.163 e. The average Bonchev–Trinajstić information content (AvgIpc) is 2.84. The van der Waals surface area contributed by atoms with Crippen LogP contribution in [0.5, 0.6) is 5.75 Å². The first-order valence-electron chi connectivity index (χ1n) is 10.1. The number of fused-ring (bicyclic) bond motifs is 1. The number of pyridine rings is 1. The summed E-state index contributed by atoms with van der Waals surface area (Å²) < 4.78 is 25.8. The fraction of sp³-hybridized carbons (Fsp3) is 0.208. The number of rotatable bonds is 4. The van der Waals surface area contributed by atoms with E-state index in [0.717, 1.165) is 22.3 Å². The van der Waals surface area contributed by atoms with Crippen molar-refractivity contribution in [3.8, 4) is 28.3 Å². The third kappa shape index (κ3) is 3.68. The fourth-order valence-corrected chi connectivity index (χ4v) is 3.83. The second-order valence-corrected chi connectivity index (χ2v) is 7.27. The molecule has 0 atom stereocenters. The van der Waals surface area contributed by atoms with Crippen molar-refractivity contribution in [2.75, 3.05) is 38.3 Å². The molecule has 1 aliphatic heterocycles. The van der Waals surface area contributed by atoms with E-state index in [9.17, 15) is 4.39 Å². The summed E-state index contributed by atoms with van der Waals surface area (Å²) in [6, 6.07) is 14.3. The molecule has 0 N–H and O–H groups in total. The summed E-state index contributed by atoms with van der Waals surface area (Å²) in [6.07, 6.45) is 3.46. The molecule has 2 aromatic carbocycles. The molecule has 0 amide bonds. The lowest BCUT2D eigenvalue weighted by Gasteiger charge is -2.29. The first kappa shape index (κ1) is 19.4. The minimum atomic E-state index is -0.287. The van der Waals surface area contributed by atoms with Crippen LogP contribution >= 0.6 is 0 Å². The second kappa shape index (κ2) is 8.28. The van der Waals surface area contributed by atoms with Gasteiger partial charge in [0, 0.05) is 42.0 Å². The van der Waals surface area contributed by atoms with Gasteiger partial charge < -0.3 is 14.4 Å². The third-order valence-electron chi connectivity index (χ3n) is 5.38. The quantitative estimate of drug-likeness (QED) is 0.493. The minimum Gasteiger partial charge on any atom is -0.494 e. The highest BCUT2D eigenvalue weighted by Gasteiger charge is 2.21. The summed E-state index contributed by atoms with van der Waals surface area (Å²) in [5, 5.41) is 0.812. The largest absolute Gasteiger partial charge is 0.494 e. The zero-order valence-electron chi connectivity index (χ0n) is 17.1. The van der Waals surface area contributed by atoms with Gasteiger partial charge in [0.05, 0.1) is 20.3 Å². The Kier molecular flexibility index (Phi) is 5.18. The predicted octanol–water partition coefficient (Wildman–Crippen LogP) is 4.34. The second-order valence-electron chi connectivity index (χ2n) is 7.27. The molecular weight excluding hydrogens is 395 g/mol. The zero-order valence-corrected chi connectivity index (χ0v) is 17.1. The summed E-state index contributed by atoms with van der Waals surface area (Å²) in [6.45, 7) is 2.67. The maximum atomic E-state index is 14.5. The number of ether oxygens (including phenoxy) is 2. The average molecular weight is 416 g/mol. The number of hydrogen-bond acceptors (Lipinski definition) is 6. The number of morpholine rings is 1. The Morgan fingerprint density at radius 2 is 1.84 bits per heavy atom. The van der Waals surface area contributed by atoms with E-state index in [4.69, 9.17) is 19.4 Å². The van der Waals surface area contributed by atoms with Gasteiger partial charge in [-0.2, -0.15) is 0 Å². The van der Waals surface area contributed by atoms with Crippen LogP contribution in [0, 0.1) is 5.82 Å². The molecule has 4 aromatic rings. The molecule has 0 aliphatic carbocycles. The van der Waals surface area contributed by atoms with Crippen molar-refractivity contribution < 1.29 is 13.9 Å². The van der Waals surface area contributed by atoms with E-state index in [0.29, 0.717) is 49.0 Å². The number of methoxy groups -OCH3 is 1. The third-order valence-corrected chi connectivity index (χ3v) is 5.38. The molecule has 1 aliphatic rings. The summed E-state index contributed by atoms with van der Waals surface area (Å²) in [7, 11) is 1.60. The van der Waals surface area contributed by atoms with Gasteiger partial charge in [-0.15, -0.1) is 0 Å². The predicted molar refractivity (Wildman–Crippen MR) is 118 cm³/mol. The Balaban J connectivity index is 1.78. The molecule has 31 heavy (non-hydrogen) atoms. The lowest BCUT2D eigenvalue weighted by Crippen LogP contribution is -2.37. The molecule has 7 heteroatoms. The highest BCUT2D eigenvalue weighted by Crippen LogP contribution is 2.37. The lowest BCUT2D eigenvalue weighted by atomic mass is 10.0. The lowest BCUT2D eigenvalue weighted by molar-refractivity contribution is 0.122. The molecule has 5 rings (SSSR count). The molecule has 1 fully saturated rings. The van der Waals surface area contributed by atoms with Crippen LogP contribution in [-0.4, -0.2) is 48.4 Å². The topological polar surface area (TPSA) is 60.4 Å². The van der Waals surface area contributed by atoms with Gasteiger partial charge in [-0.1, -0.05) is 18.2 Å². The van der Waals surface area contributed by atoms with Gasteiger partial charge in [-0.25, -0.2) is 14.4 Å². The van der Waals surface area contributed by atoms with Crippen LogP contribution in [0.4, 0.5) is 10.2 Å². The molecule has 6 nitrogen and oxygen atoms in total. The molecule has 1 saturated heterocycles. The van der Waals surface area contributed by atoms with Gasteiger partial charge >= 0.3 is 0 Å². The highest BCUT2D eigenvalue weighted by molar-refractivity contribution is 5.98. The van der Waals surface area contributed by atoms with Gasteiger partial charge in [0.25, 0.3) is 0 Å². The minimum absolute atomic E-state index is 0.287. The van der Waals surface area contributed by atoms with E-state index in [1.54, 1.807) is 31.6 Å². The van der Waals surface area contributed by atoms with Crippen molar-refractivity contribution >= 4 is 16.7 Å². The molecular formula is C24H21FN4O2. The maximum absolute atomic E-state index is 14.5. The van der Waals surface area contributed by atoms with E-state index in [2.05, 4.69) is 9.88 Å². The molecule has 0 unspecified atom stereocenters. The number of halogens is 1. The monoisotopic (exact) mass is 416 g/mol. The van der Waals surface area contributed by atoms with E-state index < -0.39 is 0 Å². The van der Waals surface area contributed by atoms with Crippen LogP contribution in [0.15, 0.2) is 60.9 Å². The maximum Gasteiger partial charge on any atom is 0.163 e. The Morgan fingerprint density at radius 1 is 1.00 bits per heavy atom. The summed E-state index contributed by atoms with van der Waals surface area (Å²) in [5.74, 6) is 1.63. The van der Waals surface area contributed by atoms with Gasteiger partial charge in [-0.3, -0.25) is 4.98 Å². The van der Waals surface area contributed by atoms with E-state index >= 15 is 0 Å². The molecule has 0 radical (unpaired) electrons. The Hall–Kier alpha value is -3.58. The number of nitrogens with zero attached hydrogens (tertiary/aromatic N) is 4. The molecule has 2 aromatic heterocycles.